The number of fused-ring (bicyclic) bond motifs is 1. The molecule has 0 spiro atoms. The Morgan fingerprint density at radius 1 is 1.10 bits per heavy atom. The maximum atomic E-state index is 10.7. The highest BCUT2D eigenvalue weighted by molar-refractivity contribution is 5.81. The zero-order chi connectivity index (χ0) is 21.6. The molecule has 4 saturated carbocycles. The molecule has 0 amide bonds. The maximum absolute atomic E-state index is 10.7. The van der Waals surface area contributed by atoms with E-state index in [1.165, 1.54) is 61.3 Å². The Hall–Kier alpha value is -2.55. The van der Waals surface area contributed by atoms with Crippen LogP contribution in [0.5, 0.6) is 5.75 Å². The first-order chi connectivity index (χ1) is 14.9. The van der Waals surface area contributed by atoms with E-state index in [1.54, 1.807) is 6.92 Å². The van der Waals surface area contributed by atoms with Gasteiger partial charge in [0.1, 0.15) is 12.4 Å². The largest absolute Gasteiger partial charge is 0.488 e. The highest BCUT2D eigenvalue weighted by Gasteiger charge is 2.51. The predicted molar refractivity (Wildman–Crippen MR) is 124 cm³/mol. The second kappa shape index (κ2) is 7.85. The summed E-state index contributed by atoms with van der Waals surface area (Å²) in [5.41, 5.74) is 6.17. The van der Waals surface area contributed by atoms with Crippen molar-refractivity contribution in [2.75, 3.05) is 6.61 Å². The topological polar surface area (TPSA) is 46.5 Å². The molecule has 4 fully saturated rings. The summed E-state index contributed by atoms with van der Waals surface area (Å²) in [5, 5.41) is 8.83. The molecule has 1 aromatic carbocycles. The third-order valence-electron chi connectivity index (χ3n) is 7.94. The molecule has 3 nitrogen and oxygen atoms in total. The third-order valence-corrected chi connectivity index (χ3v) is 7.94. The number of benzene rings is 1. The summed E-state index contributed by atoms with van der Waals surface area (Å²) in [6.07, 6.45) is 17.8. The molecule has 5 aliphatic rings. The second-order valence-corrected chi connectivity index (χ2v) is 10.3. The number of hydrogen-bond acceptors (Lipinski definition) is 2. The number of carboxylic acid groups (broad SMARTS) is 1. The smallest absolute Gasteiger partial charge is 0.328 e. The zero-order valence-corrected chi connectivity index (χ0v) is 18.6. The van der Waals surface area contributed by atoms with Gasteiger partial charge in [0.2, 0.25) is 0 Å². The summed E-state index contributed by atoms with van der Waals surface area (Å²) in [7, 11) is 0. The van der Waals surface area contributed by atoms with Crippen LogP contribution in [0.25, 0.3) is 6.08 Å². The summed E-state index contributed by atoms with van der Waals surface area (Å²) >= 11 is 0. The van der Waals surface area contributed by atoms with Crippen LogP contribution < -0.4 is 4.74 Å². The van der Waals surface area contributed by atoms with Gasteiger partial charge >= 0.3 is 5.97 Å². The van der Waals surface area contributed by atoms with Crippen molar-refractivity contribution in [2.24, 2.45) is 17.8 Å². The first-order valence-corrected chi connectivity index (χ1v) is 11.6. The number of aliphatic carboxylic acids is 1. The summed E-state index contributed by atoms with van der Waals surface area (Å²) in [6, 6.07) is 6.94. The van der Waals surface area contributed by atoms with E-state index in [9.17, 15) is 4.79 Å². The number of ether oxygens (including phenoxy) is 1. The van der Waals surface area contributed by atoms with Crippen LogP contribution in [0.1, 0.15) is 63.5 Å². The Morgan fingerprint density at radius 2 is 1.77 bits per heavy atom. The summed E-state index contributed by atoms with van der Waals surface area (Å²) in [5.74, 6) is 2.90. The molecule has 1 aromatic rings. The number of carbonyl (C=O) groups is 1. The zero-order valence-electron chi connectivity index (χ0n) is 18.6. The molecule has 1 aliphatic heterocycles. The molecule has 0 atom stereocenters. The lowest BCUT2D eigenvalue weighted by atomic mass is 9.48. The van der Waals surface area contributed by atoms with Crippen LogP contribution in [0.3, 0.4) is 0 Å². The first-order valence-electron chi connectivity index (χ1n) is 11.6. The molecule has 31 heavy (non-hydrogen) atoms. The third kappa shape index (κ3) is 4.03. The van der Waals surface area contributed by atoms with Crippen molar-refractivity contribution in [3.05, 3.63) is 70.3 Å². The van der Waals surface area contributed by atoms with E-state index in [0.717, 1.165) is 34.6 Å². The quantitative estimate of drug-likeness (QED) is 0.442. The van der Waals surface area contributed by atoms with Gasteiger partial charge in [-0.05, 0) is 116 Å². The van der Waals surface area contributed by atoms with Gasteiger partial charge in [0.05, 0.1) is 0 Å². The maximum Gasteiger partial charge on any atom is 0.328 e. The molecule has 0 saturated heterocycles. The lowest BCUT2D eigenvalue weighted by Crippen LogP contribution is -2.48. The Labute approximate surface area is 185 Å². The normalized spacial score (nSPS) is 32.1. The van der Waals surface area contributed by atoms with Crippen molar-refractivity contribution in [2.45, 2.75) is 57.8 Å². The van der Waals surface area contributed by atoms with E-state index in [1.807, 2.05) is 18.2 Å². The van der Waals surface area contributed by atoms with Gasteiger partial charge < -0.3 is 9.84 Å². The second-order valence-electron chi connectivity index (χ2n) is 10.3. The lowest BCUT2D eigenvalue weighted by molar-refractivity contribution is -0.131. The van der Waals surface area contributed by atoms with Crippen molar-refractivity contribution in [3.8, 4) is 5.75 Å². The van der Waals surface area contributed by atoms with Gasteiger partial charge in [-0.1, -0.05) is 24.3 Å². The van der Waals surface area contributed by atoms with Crippen LogP contribution in [0.2, 0.25) is 0 Å². The van der Waals surface area contributed by atoms with Crippen molar-refractivity contribution in [1.29, 1.82) is 0 Å². The molecular formula is C28H32O3. The minimum absolute atomic E-state index is 0.400. The average Bonchev–Trinajstić information content (AvgIpc) is 2.71. The molecular weight excluding hydrogens is 384 g/mol. The molecule has 4 bridgehead atoms. The number of rotatable bonds is 5. The lowest BCUT2D eigenvalue weighted by Gasteiger charge is -2.57. The van der Waals surface area contributed by atoms with Crippen LogP contribution in [-0.4, -0.2) is 17.7 Å². The number of hydrogen-bond donors (Lipinski definition) is 1. The fraction of sp³-hybridized carbons (Fsp3) is 0.464. The van der Waals surface area contributed by atoms with Crippen LogP contribution in [0.15, 0.2) is 59.2 Å². The van der Waals surface area contributed by atoms with E-state index >= 15 is 0 Å². The summed E-state index contributed by atoms with van der Waals surface area (Å²) < 4.78 is 6.09. The van der Waals surface area contributed by atoms with Crippen LogP contribution >= 0.6 is 0 Å². The molecule has 1 heterocycles. The van der Waals surface area contributed by atoms with Crippen molar-refractivity contribution in [1.82, 2.24) is 0 Å². The predicted octanol–water partition coefficient (Wildman–Crippen LogP) is 6.46. The minimum Gasteiger partial charge on any atom is -0.488 e. The number of carboxylic acids is 1. The Kier molecular flexibility index (Phi) is 5.16. The summed E-state index contributed by atoms with van der Waals surface area (Å²) in [6.45, 7) is 4.45. The Balaban J connectivity index is 1.39. The van der Waals surface area contributed by atoms with E-state index in [4.69, 9.17) is 9.84 Å². The van der Waals surface area contributed by atoms with Crippen LogP contribution in [0.4, 0.5) is 0 Å². The first kappa shape index (κ1) is 20.4. The van der Waals surface area contributed by atoms with E-state index in [0.29, 0.717) is 12.0 Å². The van der Waals surface area contributed by atoms with E-state index < -0.39 is 5.97 Å². The SMILES string of the molecule is C/C(=C/C=C/C(C)=C/C(=O)O)C1=Cc2cc(C34CC5CC(CC(C5)C3)C4)ccc2OC1. The Morgan fingerprint density at radius 3 is 2.42 bits per heavy atom. The monoisotopic (exact) mass is 416 g/mol. The fourth-order valence-corrected chi connectivity index (χ4v) is 6.89. The van der Waals surface area contributed by atoms with Crippen LogP contribution in [-0.2, 0) is 10.2 Å². The van der Waals surface area contributed by atoms with Crippen molar-refractivity contribution >= 4 is 12.0 Å². The fourth-order valence-electron chi connectivity index (χ4n) is 6.89. The van der Waals surface area contributed by atoms with Crippen molar-refractivity contribution in [3.63, 3.8) is 0 Å². The van der Waals surface area contributed by atoms with Gasteiger partial charge in [-0.2, -0.15) is 0 Å². The average molecular weight is 417 g/mol. The van der Waals surface area contributed by atoms with Gasteiger partial charge in [-0.3, -0.25) is 0 Å². The van der Waals surface area contributed by atoms with Gasteiger partial charge in [-0.25, -0.2) is 4.79 Å². The van der Waals surface area contributed by atoms with Crippen LogP contribution in [0, 0.1) is 17.8 Å². The van der Waals surface area contributed by atoms with Gasteiger partial charge in [0, 0.05) is 11.6 Å². The molecule has 0 aromatic heterocycles. The molecule has 6 rings (SSSR count). The molecule has 0 radical (unpaired) electrons. The molecule has 162 valence electrons. The minimum atomic E-state index is -0.919. The van der Waals surface area contributed by atoms with Gasteiger partial charge in [0.15, 0.2) is 0 Å². The molecule has 0 unspecified atom stereocenters. The summed E-state index contributed by atoms with van der Waals surface area (Å²) in [4.78, 5) is 10.7. The van der Waals surface area contributed by atoms with Crippen molar-refractivity contribution < 1.29 is 14.6 Å². The molecule has 3 heteroatoms. The molecule has 1 N–H and O–H groups in total. The Bertz CT molecular complexity index is 985. The highest BCUT2D eigenvalue weighted by Crippen LogP contribution is 2.61. The highest BCUT2D eigenvalue weighted by atomic mass is 16.5. The van der Waals surface area contributed by atoms with Gasteiger partial charge in [-0.15, -0.1) is 0 Å². The van der Waals surface area contributed by atoms with E-state index in [2.05, 4.69) is 31.2 Å². The van der Waals surface area contributed by atoms with E-state index in [-0.39, 0.29) is 0 Å². The standard InChI is InChI=1S/C28H32O3/c1-18(8-27(29)30)4-3-5-19(2)24-12-23-13-25(6-7-26(23)31-17-24)28-14-20-9-21(15-28)11-22(10-20)16-28/h3-8,12-13,20-22H,9-11,14-17H2,1-2H3,(H,29,30)/b4-3+,18-8+,19-5-. The number of allylic oxidation sites excluding steroid dienone is 4. The van der Waals surface area contributed by atoms with Gasteiger partial charge in [0.25, 0.3) is 0 Å². The molecule has 4 aliphatic carbocycles.